The fourth-order valence-electron chi connectivity index (χ4n) is 5.35. The van der Waals surface area contributed by atoms with Crippen molar-refractivity contribution < 1.29 is 40.7 Å². The van der Waals surface area contributed by atoms with Crippen molar-refractivity contribution in [3.8, 4) is 5.75 Å². The molecule has 1 aliphatic heterocycles. The number of ether oxygens (including phenoxy) is 1. The summed E-state index contributed by atoms with van der Waals surface area (Å²) in [4.78, 5) is 25.2. The van der Waals surface area contributed by atoms with Crippen LogP contribution in [0, 0.1) is 5.92 Å². The van der Waals surface area contributed by atoms with Gasteiger partial charge in [-0.25, -0.2) is 0 Å². The quantitative estimate of drug-likeness (QED) is 0.485. The summed E-state index contributed by atoms with van der Waals surface area (Å²) in [6, 6.07) is 4.64. The normalized spacial score (nSPS) is 20.7. The number of nitrogens with zero attached hydrogens (tertiary/aromatic N) is 2. The van der Waals surface area contributed by atoms with Crippen LogP contribution < -0.4 is 15.4 Å². The number of carbonyl (C=O) groups excluding carboxylic acids is 2. The van der Waals surface area contributed by atoms with Gasteiger partial charge in [-0.3, -0.25) is 14.3 Å². The predicted octanol–water partition coefficient (Wildman–Crippen LogP) is 4.32. The number of amides is 2. The van der Waals surface area contributed by atoms with E-state index in [-0.39, 0.29) is 17.9 Å². The topological polar surface area (TPSA) is 85.2 Å². The van der Waals surface area contributed by atoms with Crippen LogP contribution in [-0.4, -0.2) is 40.6 Å². The Morgan fingerprint density at radius 1 is 1.18 bits per heavy atom. The molecular formula is C25H26F6N4O3. The summed E-state index contributed by atoms with van der Waals surface area (Å²) in [7, 11) is 0. The van der Waals surface area contributed by atoms with Crippen LogP contribution in [0.3, 0.4) is 0 Å². The van der Waals surface area contributed by atoms with E-state index in [2.05, 4.69) is 15.7 Å². The minimum absolute atomic E-state index is 0.0854. The van der Waals surface area contributed by atoms with Gasteiger partial charge >= 0.3 is 12.4 Å². The Hall–Kier alpha value is -3.25. The molecule has 38 heavy (non-hydrogen) atoms. The molecule has 2 amide bonds. The molecule has 3 aliphatic rings. The summed E-state index contributed by atoms with van der Waals surface area (Å²) in [6.07, 6.45) is -6.42. The molecule has 7 nitrogen and oxygen atoms in total. The van der Waals surface area contributed by atoms with Gasteiger partial charge < -0.3 is 15.4 Å². The summed E-state index contributed by atoms with van der Waals surface area (Å²) in [5.74, 6) is -1.02. The van der Waals surface area contributed by atoms with Crippen LogP contribution in [0.1, 0.15) is 65.0 Å². The number of aryl methyl sites for hydroxylation is 2. The highest BCUT2D eigenvalue weighted by Gasteiger charge is 2.46. The second kappa shape index (κ2) is 9.49. The molecule has 1 aromatic carbocycles. The minimum Gasteiger partial charge on any atom is -0.484 e. The lowest BCUT2D eigenvalue weighted by Crippen LogP contribution is -2.50. The van der Waals surface area contributed by atoms with Crippen molar-refractivity contribution in [2.24, 2.45) is 5.92 Å². The molecule has 2 heterocycles. The van der Waals surface area contributed by atoms with Crippen molar-refractivity contribution >= 4 is 11.8 Å². The number of carbonyl (C=O) groups is 2. The maximum atomic E-state index is 13.4. The van der Waals surface area contributed by atoms with Gasteiger partial charge in [-0.05, 0) is 48.4 Å². The molecule has 13 heteroatoms. The highest BCUT2D eigenvalue weighted by atomic mass is 19.4. The molecule has 5 rings (SSSR count). The van der Waals surface area contributed by atoms with Gasteiger partial charge in [-0.1, -0.05) is 18.9 Å². The van der Waals surface area contributed by atoms with E-state index in [1.54, 1.807) is 16.8 Å². The fraction of sp³-hybridized carbons (Fsp3) is 0.560. The molecule has 0 unspecified atom stereocenters. The number of fused-ring (bicyclic) bond motifs is 3. The number of benzene rings is 1. The van der Waals surface area contributed by atoms with E-state index in [0.29, 0.717) is 43.1 Å². The maximum absolute atomic E-state index is 13.4. The van der Waals surface area contributed by atoms with E-state index in [9.17, 15) is 35.9 Å². The summed E-state index contributed by atoms with van der Waals surface area (Å²) in [6.45, 7) is -1.20. The van der Waals surface area contributed by atoms with Crippen LogP contribution in [0.5, 0.6) is 5.75 Å². The van der Waals surface area contributed by atoms with Crippen LogP contribution >= 0.6 is 0 Å². The maximum Gasteiger partial charge on any atom is 0.422 e. The molecule has 2 aliphatic carbocycles. The van der Waals surface area contributed by atoms with Crippen molar-refractivity contribution in [2.45, 2.75) is 75.9 Å². The molecule has 2 aromatic rings. The van der Waals surface area contributed by atoms with E-state index in [1.165, 1.54) is 6.07 Å². The van der Waals surface area contributed by atoms with Gasteiger partial charge in [0.1, 0.15) is 12.2 Å². The van der Waals surface area contributed by atoms with Gasteiger partial charge in [-0.2, -0.15) is 31.4 Å². The Kier molecular flexibility index (Phi) is 6.59. The predicted molar refractivity (Wildman–Crippen MR) is 121 cm³/mol. The van der Waals surface area contributed by atoms with Crippen molar-refractivity contribution in [1.29, 1.82) is 0 Å². The van der Waals surface area contributed by atoms with E-state index in [1.807, 2.05) is 0 Å². The monoisotopic (exact) mass is 544 g/mol. The average molecular weight is 544 g/mol. The van der Waals surface area contributed by atoms with E-state index >= 15 is 0 Å². The third-order valence-electron chi connectivity index (χ3n) is 7.26. The van der Waals surface area contributed by atoms with Crippen molar-refractivity contribution in [1.82, 2.24) is 20.4 Å². The van der Waals surface area contributed by atoms with Crippen LogP contribution in [0.25, 0.3) is 0 Å². The molecule has 1 atom stereocenters. The van der Waals surface area contributed by atoms with E-state index < -0.39 is 42.7 Å². The summed E-state index contributed by atoms with van der Waals surface area (Å²) < 4.78 is 81.9. The Labute approximate surface area is 213 Å². The highest BCUT2D eigenvalue weighted by molar-refractivity contribution is 5.98. The van der Waals surface area contributed by atoms with E-state index in [0.717, 1.165) is 30.4 Å². The largest absolute Gasteiger partial charge is 0.484 e. The lowest BCUT2D eigenvalue weighted by molar-refractivity contribution is -0.154. The summed E-state index contributed by atoms with van der Waals surface area (Å²) >= 11 is 0. The first-order chi connectivity index (χ1) is 17.8. The van der Waals surface area contributed by atoms with Gasteiger partial charge in [-0.15, -0.1) is 0 Å². The van der Waals surface area contributed by atoms with Gasteiger partial charge in [0.15, 0.2) is 6.61 Å². The fourth-order valence-corrected chi connectivity index (χ4v) is 5.35. The lowest BCUT2D eigenvalue weighted by atomic mass is 9.82. The molecule has 0 saturated heterocycles. The molecule has 1 saturated carbocycles. The standard InChI is InChI=1S/C25H26F6N4O3/c26-24(27,28)11-20(36)32-12-19-21-18(34-35(19)8-6-14-1-2-14)10-23(33-22(21)37)7-5-15-9-16(3-4-17(15)23)38-13-25(29,30)31/h3-4,9,14H,1-2,5-8,10-13H2,(H,32,36)(H,33,37)/t23-/m0/s1. The van der Waals surface area contributed by atoms with Gasteiger partial charge in [0.25, 0.3) is 5.91 Å². The molecule has 1 aromatic heterocycles. The second-order valence-corrected chi connectivity index (χ2v) is 10.2. The first-order valence-corrected chi connectivity index (χ1v) is 12.4. The van der Waals surface area contributed by atoms with Crippen LogP contribution in [0.15, 0.2) is 18.2 Å². The van der Waals surface area contributed by atoms with Crippen molar-refractivity contribution in [3.63, 3.8) is 0 Å². The zero-order valence-electron chi connectivity index (χ0n) is 20.3. The minimum atomic E-state index is -4.65. The summed E-state index contributed by atoms with van der Waals surface area (Å²) in [5, 5.41) is 9.95. The molecule has 206 valence electrons. The third-order valence-corrected chi connectivity index (χ3v) is 7.26. The van der Waals surface area contributed by atoms with Crippen molar-refractivity contribution in [3.05, 3.63) is 46.3 Å². The Bertz CT molecular complexity index is 1250. The average Bonchev–Trinajstić information content (AvgIpc) is 3.49. The van der Waals surface area contributed by atoms with Gasteiger partial charge in [0.05, 0.1) is 29.0 Å². The lowest BCUT2D eigenvalue weighted by Gasteiger charge is -2.35. The van der Waals surface area contributed by atoms with Crippen LogP contribution in [0.2, 0.25) is 0 Å². The molecule has 0 bridgehead atoms. The number of halogens is 6. The molecule has 0 radical (unpaired) electrons. The van der Waals surface area contributed by atoms with Crippen LogP contribution in [-0.2, 0) is 36.3 Å². The second-order valence-electron chi connectivity index (χ2n) is 10.2. The highest BCUT2D eigenvalue weighted by Crippen LogP contribution is 2.44. The Morgan fingerprint density at radius 3 is 2.63 bits per heavy atom. The molecular weight excluding hydrogens is 518 g/mol. The Morgan fingerprint density at radius 2 is 1.95 bits per heavy atom. The van der Waals surface area contributed by atoms with Gasteiger partial charge in [0.2, 0.25) is 5.91 Å². The van der Waals surface area contributed by atoms with E-state index in [4.69, 9.17) is 4.74 Å². The van der Waals surface area contributed by atoms with Crippen LogP contribution in [0.4, 0.5) is 26.3 Å². The zero-order chi connectivity index (χ0) is 27.3. The third kappa shape index (κ3) is 5.75. The Balaban J connectivity index is 1.39. The summed E-state index contributed by atoms with van der Waals surface area (Å²) in [5.41, 5.74) is 1.81. The molecule has 2 N–H and O–H groups in total. The molecule has 1 fully saturated rings. The first kappa shape index (κ1) is 26.4. The number of aromatic nitrogens is 2. The van der Waals surface area contributed by atoms with Gasteiger partial charge in [0, 0.05) is 13.0 Å². The number of alkyl halides is 6. The number of hydrogen-bond acceptors (Lipinski definition) is 4. The SMILES string of the molecule is O=C(CC(F)(F)F)NCc1c2c(nn1CCC1CC1)C[C@]1(CCc3cc(OCC(F)(F)F)ccc31)NC2=O. The smallest absolute Gasteiger partial charge is 0.422 e. The van der Waals surface area contributed by atoms with Crippen molar-refractivity contribution in [2.75, 3.05) is 6.61 Å². The number of nitrogens with one attached hydrogen (secondary N) is 2. The first-order valence-electron chi connectivity index (χ1n) is 12.4. The molecule has 1 spiro atoms. The number of hydrogen-bond donors (Lipinski definition) is 2. The zero-order valence-corrected chi connectivity index (χ0v) is 20.3. The number of rotatable bonds is 8.